The summed E-state index contributed by atoms with van der Waals surface area (Å²) in [6, 6.07) is 10.5. The van der Waals surface area contributed by atoms with Crippen LogP contribution in [-0.2, 0) is 0 Å². The maximum Gasteiger partial charge on any atom is 0.137 e. The van der Waals surface area contributed by atoms with Gasteiger partial charge in [0.15, 0.2) is 0 Å². The Hall–Kier alpha value is -1.61. The first-order chi connectivity index (χ1) is 9.65. The molecule has 1 aliphatic carbocycles. The van der Waals surface area contributed by atoms with Crippen molar-refractivity contribution < 1.29 is 0 Å². The lowest BCUT2D eigenvalue weighted by molar-refractivity contribution is 0.848. The molecule has 0 amide bonds. The second kappa shape index (κ2) is 5.41. The smallest absolute Gasteiger partial charge is 0.137 e. The summed E-state index contributed by atoms with van der Waals surface area (Å²) in [6.45, 7) is 4.08. The van der Waals surface area contributed by atoms with Crippen molar-refractivity contribution in [3.05, 3.63) is 52.4 Å². The first-order valence-corrected chi connectivity index (χ1v) is 7.38. The minimum atomic E-state index is 0.188. The predicted octanol–water partition coefficient (Wildman–Crippen LogP) is 4.49. The molecule has 2 aromatic rings. The van der Waals surface area contributed by atoms with Crippen LogP contribution in [0.3, 0.4) is 0 Å². The molecular formula is C16H18ClN3. The highest BCUT2D eigenvalue weighted by Gasteiger charge is 2.28. The fourth-order valence-corrected chi connectivity index (χ4v) is 2.38. The minimum Gasteiger partial charge on any atom is -0.363 e. The van der Waals surface area contributed by atoms with E-state index in [1.54, 1.807) is 0 Å². The SMILES string of the molecule is Cc1c(Cl)nc(C2CC2)nc1NC(C)c1ccccc1. The summed E-state index contributed by atoms with van der Waals surface area (Å²) in [5.41, 5.74) is 2.15. The summed E-state index contributed by atoms with van der Waals surface area (Å²) in [6.07, 6.45) is 2.35. The predicted molar refractivity (Wildman–Crippen MR) is 82.2 cm³/mol. The van der Waals surface area contributed by atoms with Crippen LogP contribution in [0.25, 0.3) is 0 Å². The number of aromatic nitrogens is 2. The number of nitrogens with zero attached hydrogens (tertiary/aromatic N) is 2. The molecule has 3 rings (SSSR count). The lowest BCUT2D eigenvalue weighted by atomic mass is 10.1. The van der Waals surface area contributed by atoms with Gasteiger partial charge in [-0.25, -0.2) is 9.97 Å². The van der Waals surface area contributed by atoms with E-state index in [-0.39, 0.29) is 6.04 Å². The fourth-order valence-electron chi connectivity index (χ4n) is 2.20. The van der Waals surface area contributed by atoms with Gasteiger partial charge in [0.25, 0.3) is 0 Å². The monoisotopic (exact) mass is 287 g/mol. The van der Waals surface area contributed by atoms with Crippen LogP contribution in [0.1, 0.15) is 48.7 Å². The normalized spacial score (nSPS) is 15.9. The second-order valence-electron chi connectivity index (χ2n) is 5.40. The van der Waals surface area contributed by atoms with Crippen LogP contribution >= 0.6 is 11.6 Å². The number of hydrogen-bond donors (Lipinski definition) is 1. The van der Waals surface area contributed by atoms with Gasteiger partial charge in [-0.15, -0.1) is 0 Å². The van der Waals surface area contributed by atoms with Gasteiger partial charge in [0.1, 0.15) is 16.8 Å². The molecule has 0 spiro atoms. The number of rotatable bonds is 4. The van der Waals surface area contributed by atoms with Crippen LogP contribution in [0, 0.1) is 6.92 Å². The summed E-state index contributed by atoms with van der Waals surface area (Å²) in [7, 11) is 0. The summed E-state index contributed by atoms with van der Waals surface area (Å²) in [4.78, 5) is 9.04. The summed E-state index contributed by atoms with van der Waals surface area (Å²) in [5.74, 6) is 2.23. The topological polar surface area (TPSA) is 37.8 Å². The van der Waals surface area contributed by atoms with Gasteiger partial charge < -0.3 is 5.32 Å². The minimum absolute atomic E-state index is 0.188. The molecule has 0 aliphatic heterocycles. The van der Waals surface area contributed by atoms with Crippen molar-refractivity contribution in [3.8, 4) is 0 Å². The number of halogens is 1. The standard InChI is InChI=1S/C16H18ClN3/c1-10-14(17)19-16(13-8-9-13)20-15(10)18-11(2)12-6-4-3-5-7-12/h3-7,11,13H,8-9H2,1-2H3,(H,18,19,20). The van der Waals surface area contributed by atoms with Gasteiger partial charge in [0.2, 0.25) is 0 Å². The van der Waals surface area contributed by atoms with E-state index >= 15 is 0 Å². The highest BCUT2D eigenvalue weighted by Crippen LogP contribution is 2.39. The van der Waals surface area contributed by atoms with E-state index in [2.05, 4.69) is 34.3 Å². The van der Waals surface area contributed by atoms with Crippen molar-refractivity contribution in [1.29, 1.82) is 0 Å². The molecule has 1 fully saturated rings. The Kier molecular flexibility index (Phi) is 3.62. The van der Waals surface area contributed by atoms with Gasteiger partial charge in [-0.3, -0.25) is 0 Å². The van der Waals surface area contributed by atoms with E-state index < -0.39 is 0 Å². The molecule has 1 N–H and O–H groups in total. The zero-order valence-corrected chi connectivity index (χ0v) is 12.5. The molecule has 4 heteroatoms. The van der Waals surface area contributed by atoms with Gasteiger partial charge in [-0.1, -0.05) is 41.9 Å². The van der Waals surface area contributed by atoms with Crippen molar-refractivity contribution in [2.24, 2.45) is 0 Å². The van der Waals surface area contributed by atoms with Gasteiger partial charge in [-0.2, -0.15) is 0 Å². The van der Waals surface area contributed by atoms with Crippen LogP contribution in [0.4, 0.5) is 5.82 Å². The van der Waals surface area contributed by atoms with Gasteiger partial charge in [0, 0.05) is 17.5 Å². The lowest BCUT2D eigenvalue weighted by Crippen LogP contribution is -2.11. The lowest BCUT2D eigenvalue weighted by Gasteiger charge is -2.17. The molecule has 0 bridgehead atoms. The molecule has 1 aromatic heterocycles. The molecule has 104 valence electrons. The van der Waals surface area contributed by atoms with Crippen LogP contribution in [-0.4, -0.2) is 9.97 Å². The van der Waals surface area contributed by atoms with Crippen LogP contribution in [0.5, 0.6) is 0 Å². The van der Waals surface area contributed by atoms with E-state index in [1.165, 1.54) is 18.4 Å². The number of anilines is 1. The molecule has 1 heterocycles. The maximum absolute atomic E-state index is 6.23. The molecular weight excluding hydrogens is 270 g/mol. The van der Waals surface area contributed by atoms with Crippen molar-refractivity contribution >= 4 is 17.4 Å². The zero-order chi connectivity index (χ0) is 14.1. The quantitative estimate of drug-likeness (QED) is 0.842. The van der Waals surface area contributed by atoms with Gasteiger partial charge in [0.05, 0.1) is 0 Å². The number of benzene rings is 1. The van der Waals surface area contributed by atoms with Crippen LogP contribution in [0.2, 0.25) is 5.15 Å². The first-order valence-electron chi connectivity index (χ1n) is 7.00. The van der Waals surface area contributed by atoms with Crippen molar-refractivity contribution in [2.75, 3.05) is 5.32 Å². The van der Waals surface area contributed by atoms with E-state index in [1.807, 2.05) is 25.1 Å². The molecule has 1 aliphatic rings. The Bertz CT molecular complexity index is 609. The summed E-state index contributed by atoms with van der Waals surface area (Å²) < 4.78 is 0. The molecule has 3 nitrogen and oxygen atoms in total. The van der Waals surface area contributed by atoms with E-state index in [0.29, 0.717) is 11.1 Å². The van der Waals surface area contributed by atoms with Crippen molar-refractivity contribution in [2.45, 2.75) is 38.6 Å². The Morgan fingerprint density at radius 3 is 2.55 bits per heavy atom. The van der Waals surface area contributed by atoms with Crippen LogP contribution in [0.15, 0.2) is 30.3 Å². The van der Waals surface area contributed by atoms with E-state index in [9.17, 15) is 0 Å². The van der Waals surface area contributed by atoms with Crippen molar-refractivity contribution in [3.63, 3.8) is 0 Å². The summed E-state index contributed by atoms with van der Waals surface area (Å²) in [5, 5.41) is 4.01. The maximum atomic E-state index is 6.23. The number of hydrogen-bond acceptors (Lipinski definition) is 3. The highest BCUT2D eigenvalue weighted by molar-refractivity contribution is 6.30. The molecule has 1 saturated carbocycles. The average molecular weight is 288 g/mol. The largest absolute Gasteiger partial charge is 0.363 e. The number of nitrogens with one attached hydrogen (secondary N) is 1. The Balaban J connectivity index is 1.86. The Labute approximate surface area is 124 Å². The third-order valence-electron chi connectivity index (χ3n) is 3.70. The summed E-state index contributed by atoms with van der Waals surface area (Å²) >= 11 is 6.23. The molecule has 20 heavy (non-hydrogen) atoms. The Morgan fingerprint density at radius 2 is 1.90 bits per heavy atom. The van der Waals surface area contributed by atoms with E-state index in [4.69, 9.17) is 11.6 Å². The molecule has 0 radical (unpaired) electrons. The van der Waals surface area contributed by atoms with Crippen LogP contribution < -0.4 is 5.32 Å². The molecule has 1 aromatic carbocycles. The Morgan fingerprint density at radius 1 is 1.20 bits per heavy atom. The van der Waals surface area contributed by atoms with Crippen molar-refractivity contribution in [1.82, 2.24) is 9.97 Å². The zero-order valence-electron chi connectivity index (χ0n) is 11.7. The molecule has 1 unspecified atom stereocenters. The van der Waals surface area contributed by atoms with E-state index in [0.717, 1.165) is 17.2 Å². The fraction of sp³-hybridized carbons (Fsp3) is 0.375. The third kappa shape index (κ3) is 2.78. The average Bonchev–Trinajstić information content (AvgIpc) is 3.29. The highest BCUT2D eigenvalue weighted by atomic mass is 35.5. The molecule has 1 atom stereocenters. The first kappa shape index (κ1) is 13.4. The molecule has 0 saturated heterocycles. The van der Waals surface area contributed by atoms with Gasteiger partial charge >= 0.3 is 0 Å². The second-order valence-corrected chi connectivity index (χ2v) is 5.76. The third-order valence-corrected chi connectivity index (χ3v) is 4.07. The van der Waals surface area contributed by atoms with Gasteiger partial charge in [-0.05, 0) is 32.3 Å².